The van der Waals surface area contributed by atoms with Gasteiger partial charge in [0.25, 0.3) is 0 Å². The predicted molar refractivity (Wildman–Crippen MR) is 89.0 cm³/mol. The lowest BCUT2D eigenvalue weighted by atomic mass is 9.93. The molecule has 0 aliphatic carbocycles. The highest BCUT2D eigenvalue weighted by Gasteiger charge is 2.31. The fraction of sp³-hybridized carbons (Fsp3) is 0.556. The van der Waals surface area contributed by atoms with E-state index in [1.54, 1.807) is 7.11 Å². The summed E-state index contributed by atoms with van der Waals surface area (Å²) in [6, 6.07) is 6.85. The molecular weight excluding hydrogens is 310 g/mol. The van der Waals surface area contributed by atoms with Crippen molar-refractivity contribution in [3.8, 4) is 5.75 Å². The van der Waals surface area contributed by atoms with E-state index in [-0.39, 0.29) is 11.8 Å². The highest BCUT2D eigenvalue weighted by Crippen LogP contribution is 2.18. The molecule has 0 saturated carbocycles. The largest absolute Gasteiger partial charge is 0.497 e. The summed E-state index contributed by atoms with van der Waals surface area (Å²) in [5.74, 6) is -0.562. The average Bonchev–Trinajstić information content (AvgIpc) is 2.61. The van der Waals surface area contributed by atoms with Crippen molar-refractivity contribution >= 4 is 11.9 Å². The van der Waals surface area contributed by atoms with Crippen LogP contribution >= 0.6 is 0 Å². The number of nitrogens with one attached hydrogen (secondary N) is 1. The summed E-state index contributed by atoms with van der Waals surface area (Å²) in [6.45, 7) is 1.06. The first-order chi connectivity index (χ1) is 11.6. The van der Waals surface area contributed by atoms with Crippen LogP contribution in [-0.2, 0) is 20.7 Å². The summed E-state index contributed by atoms with van der Waals surface area (Å²) in [5, 5.41) is 12.0. The van der Waals surface area contributed by atoms with Gasteiger partial charge in [-0.2, -0.15) is 0 Å². The Hall–Kier alpha value is -2.08. The molecule has 1 saturated heterocycles. The Morgan fingerprint density at radius 2 is 2.12 bits per heavy atom. The zero-order valence-electron chi connectivity index (χ0n) is 14.0. The minimum absolute atomic E-state index is 0.151. The van der Waals surface area contributed by atoms with Crippen molar-refractivity contribution in [2.75, 3.05) is 20.3 Å². The first kappa shape index (κ1) is 18.3. The van der Waals surface area contributed by atoms with Gasteiger partial charge in [-0.1, -0.05) is 12.1 Å². The smallest absolute Gasteiger partial charge is 0.326 e. The lowest BCUT2D eigenvalue weighted by Gasteiger charge is -2.28. The number of hydrogen-bond donors (Lipinski definition) is 2. The van der Waals surface area contributed by atoms with Crippen LogP contribution in [0.4, 0.5) is 0 Å². The van der Waals surface area contributed by atoms with E-state index in [0.29, 0.717) is 26.1 Å². The lowest BCUT2D eigenvalue weighted by Crippen LogP contribution is -2.48. The van der Waals surface area contributed by atoms with E-state index in [1.165, 1.54) is 0 Å². The quantitative estimate of drug-likeness (QED) is 0.759. The number of methoxy groups -OCH3 is 1. The molecule has 132 valence electrons. The summed E-state index contributed by atoms with van der Waals surface area (Å²) in [4.78, 5) is 23.5. The SMILES string of the molecule is COc1ccc(CCCC(=O)NC(C(=O)O)C2CCCOC2)cc1. The van der Waals surface area contributed by atoms with Gasteiger partial charge in [0.2, 0.25) is 5.91 Å². The molecule has 1 aromatic carbocycles. The van der Waals surface area contributed by atoms with Gasteiger partial charge < -0.3 is 19.9 Å². The van der Waals surface area contributed by atoms with E-state index in [1.807, 2.05) is 24.3 Å². The monoisotopic (exact) mass is 335 g/mol. The van der Waals surface area contributed by atoms with E-state index in [0.717, 1.165) is 30.6 Å². The van der Waals surface area contributed by atoms with Crippen LogP contribution in [0.5, 0.6) is 5.75 Å². The molecule has 1 heterocycles. The van der Waals surface area contributed by atoms with Crippen molar-refractivity contribution in [2.24, 2.45) is 5.92 Å². The number of hydrogen-bond acceptors (Lipinski definition) is 4. The minimum atomic E-state index is -0.992. The van der Waals surface area contributed by atoms with Gasteiger partial charge in [-0.15, -0.1) is 0 Å². The van der Waals surface area contributed by atoms with Gasteiger partial charge in [0.05, 0.1) is 13.7 Å². The molecule has 0 radical (unpaired) electrons. The number of aryl methyl sites for hydroxylation is 1. The number of carbonyl (C=O) groups is 2. The molecule has 1 amide bonds. The van der Waals surface area contributed by atoms with Gasteiger partial charge in [-0.25, -0.2) is 4.79 Å². The van der Waals surface area contributed by atoms with Gasteiger partial charge in [0.15, 0.2) is 0 Å². The summed E-state index contributed by atoms with van der Waals surface area (Å²) < 4.78 is 10.4. The number of aliphatic carboxylic acids is 1. The van der Waals surface area contributed by atoms with Crippen molar-refractivity contribution in [2.45, 2.75) is 38.1 Å². The molecule has 6 nitrogen and oxygen atoms in total. The Morgan fingerprint density at radius 3 is 2.71 bits per heavy atom. The maximum Gasteiger partial charge on any atom is 0.326 e. The minimum Gasteiger partial charge on any atom is -0.497 e. The molecule has 24 heavy (non-hydrogen) atoms. The van der Waals surface area contributed by atoms with Crippen molar-refractivity contribution in [1.82, 2.24) is 5.32 Å². The van der Waals surface area contributed by atoms with Crippen LogP contribution in [0.1, 0.15) is 31.2 Å². The second-order valence-electron chi connectivity index (χ2n) is 6.06. The molecule has 2 rings (SSSR count). The molecule has 0 aromatic heterocycles. The Balaban J connectivity index is 1.76. The maximum absolute atomic E-state index is 12.1. The first-order valence-electron chi connectivity index (χ1n) is 8.33. The molecule has 6 heteroatoms. The van der Waals surface area contributed by atoms with Gasteiger partial charge in [0.1, 0.15) is 11.8 Å². The zero-order valence-corrected chi connectivity index (χ0v) is 14.0. The van der Waals surface area contributed by atoms with Crippen LogP contribution in [0.3, 0.4) is 0 Å². The number of carbonyl (C=O) groups excluding carboxylic acids is 1. The fourth-order valence-electron chi connectivity index (χ4n) is 2.90. The molecular formula is C18H25NO5. The molecule has 1 aromatic rings. The van der Waals surface area contributed by atoms with Crippen LogP contribution in [0.2, 0.25) is 0 Å². The molecule has 2 N–H and O–H groups in total. The molecule has 0 spiro atoms. The standard InChI is InChI=1S/C18H25NO5/c1-23-15-9-7-13(8-10-15)4-2-6-16(20)19-17(18(21)22)14-5-3-11-24-12-14/h7-10,14,17H,2-6,11-12H2,1H3,(H,19,20)(H,21,22). The van der Waals surface area contributed by atoms with Gasteiger partial charge in [0, 0.05) is 18.9 Å². The number of rotatable bonds is 8. The van der Waals surface area contributed by atoms with Crippen molar-refractivity contribution in [3.63, 3.8) is 0 Å². The molecule has 1 fully saturated rings. The van der Waals surface area contributed by atoms with Crippen LogP contribution in [0, 0.1) is 5.92 Å². The van der Waals surface area contributed by atoms with Crippen molar-refractivity contribution in [3.05, 3.63) is 29.8 Å². The van der Waals surface area contributed by atoms with Crippen molar-refractivity contribution in [1.29, 1.82) is 0 Å². The van der Waals surface area contributed by atoms with Crippen LogP contribution < -0.4 is 10.1 Å². The highest BCUT2D eigenvalue weighted by molar-refractivity contribution is 5.83. The topological polar surface area (TPSA) is 84.9 Å². The average molecular weight is 335 g/mol. The molecule has 2 atom stereocenters. The van der Waals surface area contributed by atoms with Gasteiger partial charge >= 0.3 is 5.97 Å². The number of carboxylic acids is 1. The summed E-state index contributed by atoms with van der Waals surface area (Å²) >= 11 is 0. The second-order valence-corrected chi connectivity index (χ2v) is 6.06. The number of benzene rings is 1. The molecule has 1 aliphatic rings. The van der Waals surface area contributed by atoms with Gasteiger partial charge in [-0.3, -0.25) is 4.79 Å². The van der Waals surface area contributed by atoms with E-state index < -0.39 is 12.0 Å². The third-order valence-corrected chi connectivity index (χ3v) is 4.28. The van der Waals surface area contributed by atoms with E-state index >= 15 is 0 Å². The third-order valence-electron chi connectivity index (χ3n) is 4.28. The molecule has 2 unspecified atom stereocenters. The van der Waals surface area contributed by atoms with Crippen LogP contribution in [0.25, 0.3) is 0 Å². The summed E-state index contributed by atoms with van der Waals surface area (Å²) in [5.41, 5.74) is 1.12. The third kappa shape index (κ3) is 5.53. The predicted octanol–water partition coefficient (Wildman–Crippen LogP) is 2.01. The summed E-state index contributed by atoms with van der Waals surface area (Å²) in [7, 11) is 1.62. The number of carboxylic acid groups (broad SMARTS) is 1. The molecule has 1 aliphatic heterocycles. The Bertz CT molecular complexity index is 537. The number of amides is 1. The Labute approximate surface area is 142 Å². The first-order valence-corrected chi connectivity index (χ1v) is 8.33. The Kier molecular flexibility index (Phi) is 7.06. The number of ether oxygens (including phenoxy) is 2. The molecule has 0 bridgehead atoms. The summed E-state index contributed by atoms with van der Waals surface area (Å²) in [6.07, 6.45) is 3.35. The normalized spacial score (nSPS) is 18.6. The lowest BCUT2D eigenvalue weighted by molar-refractivity contribution is -0.145. The fourth-order valence-corrected chi connectivity index (χ4v) is 2.90. The van der Waals surface area contributed by atoms with E-state index in [2.05, 4.69) is 5.32 Å². The maximum atomic E-state index is 12.1. The van der Waals surface area contributed by atoms with Crippen molar-refractivity contribution < 1.29 is 24.2 Å². The highest BCUT2D eigenvalue weighted by atomic mass is 16.5. The van der Waals surface area contributed by atoms with Crippen LogP contribution in [0.15, 0.2) is 24.3 Å². The Morgan fingerprint density at radius 1 is 1.38 bits per heavy atom. The van der Waals surface area contributed by atoms with E-state index in [9.17, 15) is 14.7 Å². The van der Waals surface area contributed by atoms with E-state index in [4.69, 9.17) is 9.47 Å². The van der Waals surface area contributed by atoms with Gasteiger partial charge in [-0.05, 0) is 43.4 Å². The second kappa shape index (κ2) is 9.27. The van der Waals surface area contributed by atoms with Crippen LogP contribution in [-0.4, -0.2) is 43.3 Å². The zero-order chi connectivity index (χ0) is 17.4.